The maximum absolute atomic E-state index is 11.0. The number of ether oxygens (including phenoxy) is 1. The molecule has 2 heterocycles. The molecule has 7 nitrogen and oxygen atoms in total. The van der Waals surface area contributed by atoms with E-state index in [1.54, 1.807) is 35.9 Å². The van der Waals surface area contributed by atoms with Crippen molar-refractivity contribution in [3.63, 3.8) is 0 Å². The van der Waals surface area contributed by atoms with Crippen molar-refractivity contribution >= 4 is 11.3 Å². The zero-order chi connectivity index (χ0) is 14.1. The third-order valence-corrected chi connectivity index (χ3v) is 2.96. The molecular weight excluding hydrogens is 260 g/mol. The van der Waals surface area contributed by atoms with Crippen molar-refractivity contribution in [1.82, 2.24) is 14.6 Å². The predicted molar refractivity (Wildman–Crippen MR) is 71.6 cm³/mol. The molecule has 0 aliphatic carbocycles. The second-order valence-electron chi connectivity index (χ2n) is 4.10. The second kappa shape index (κ2) is 4.61. The minimum absolute atomic E-state index is 0.0697. The van der Waals surface area contributed by atoms with Gasteiger partial charge in [-0.05, 0) is 30.3 Å². The zero-order valence-corrected chi connectivity index (χ0v) is 10.6. The molecule has 0 fully saturated rings. The fourth-order valence-electron chi connectivity index (χ4n) is 1.98. The van der Waals surface area contributed by atoms with Gasteiger partial charge in [0.1, 0.15) is 5.75 Å². The first-order valence-electron chi connectivity index (χ1n) is 5.83. The van der Waals surface area contributed by atoms with Crippen LogP contribution >= 0.6 is 0 Å². The molecule has 0 N–H and O–H groups in total. The highest BCUT2D eigenvalue weighted by molar-refractivity contribution is 5.66. The van der Waals surface area contributed by atoms with Gasteiger partial charge in [0.2, 0.25) is 5.65 Å². The van der Waals surface area contributed by atoms with E-state index in [-0.39, 0.29) is 11.3 Å². The molecule has 0 unspecified atom stereocenters. The number of pyridine rings is 1. The fourth-order valence-corrected chi connectivity index (χ4v) is 1.98. The van der Waals surface area contributed by atoms with Gasteiger partial charge in [0.05, 0.1) is 12.0 Å². The summed E-state index contributed by atoms with van der Waals surface area (Å²) in [4.78, 5) is 10.5. The molecule has 20 heavy (non-hydrogen) atoms. The monoisotopic (exact) mass is 270 g/mol. The van der Waals surface area contributed by atoms with Gasteiger partial charge in [0.15, 0.2) is 5.82 Å². The third kappa shape index (κ3) is 1.85. The number of nitrogens with zero attached hydrogens (tertiary/aromatic N) is 4. The highest BCUT2D eigenvalue weighted by Gasteiger charge is 2.17. The van der Waals surface area contributed by atoms with Crippen LogP contribution in [0.1, 0.15) is 0 Å². The molecule has 7 heteroatoms. The van der Waals surface area contributed by atoms with Gasteiger partial charge in [-0.2, -0.15) is 0 Å². The molecular formula is C13H10N4O3. The summed E-state index contributed by atoms with van der Waals surface area (Å²) in [6, 6.07) is 10.3. The van der Waals surface area contributed by atoms with Crippen molar-refractivity contribution < 1.29 is 9.66 Å². The van der Waals surface area contributed by atoms with E-state index in [1.165, 1.54) is 6.07 Å². The van der Waals surface area contributed by atoms with E-state index in [0.717, 1.165) is 11.3 Å². The Hall–Kier alpha value is -2.96. The third-order valence-electron chi connectivity index (χ3n) is 2.96. The van der Waals surface area contributed by atoms with Crippen LogP contribution in [0.2, 0.25) is 0 Å². The van der Waals surface area contributed by atoms with Gasteiger partial charge in [-0.15, -0.1) is 10.2 Å². The quantitative estimate of drug-likeness (QED) is 0.538. The van der Waals surface area contributed by atoms with Gasteiger partial charge < -0.3 is 4.74 Å². The summed E-state index contributed by atoms with van der Waals surface area (Å²) < 4.78 is 6.69. The van der Waals surface area contributed by atoms with Gasteiger partial charge in [0, 0.05) is 17.8 Å². The highest BCUT2D eigenvalue weighted by Crippen LogP contribution is 2.24. The molecule has 100 valence electrons. The van der Waals surface area contributed by atoms with Crippen molar-refractivity contribution in [3.05, 3.63) is 52.7 Å². The summed E-state index contributed by atoms with van der Waals surface area (Å²) in [7, 11) is 1.59. The first-order valence-corrected chi connectivity index (χ1v) is 5.83. The van der Waals surface area contributed by atoms with Crippen LogP contribution in [-0.2, 0) is 0 Å². The first-order chi connectivity index (χ1) is 9.70. The number of nitro groups is 1. The number of fused-ring (bicyclic) bond motifs is 1. The zero-order valence-electron chi connectivity index (χ0n) is 10.6. The van der Waals surface area contributed by atoms with Gasteiger partial charge in [-0.25, -0.2) is 0 Å². The lowest BCUT2D eigenvalue weighted by Crippen LogP contribution is -1.94. The Morgan fingerprint density at radius 3 is 2.60 bits per heavy atom. The van der Waals surface area contributed by atoms with E-state index in [1.807, 2.05) is 12.1 Å². The SMILES string of the molecule is COc1ccc(-c2nnc3c([N+](=O)[O-])cccn23)cc1. The summed E-state index contributed by atoms with van der Waals surface area (Å²) in [5.41, 5.74) is 0.960. The average Bonchev–Trinajstić information content (AvgIpc) is 2.91. The smallest absolute Gasteiger partial charge is 0.314 e. The lowest BCUT2D eigenvalue weighted by molar-refractivity contribution is -0.383. The van der Waals surface area contributed by atoms with Crippen molar-refractivity contribution in [1.29, 1.82) is 0 Å². The molecule has 0 atom stereocenters. The Morgan fingerprint density at radius 2 is 1.95 bits per heavy atom. The molecule has 0 saturated heterocycles. The minimum Gasteiger partial charge on any atom is -0.497 e. The van der Waals surface area contributed by atoms with Gasteiger partial charge >= 0.3 is 5.69 Å². The van der Waals surface area contributed by atoms with Crippen molar-refractivity contribution in [3.8, 4) is 17.1 Å². The van der Waals surface area contributed by atoms with Crippen LogP contribution in [-0.4, -0.2) is 26.6 Å². The van der Waals surface area contributed by atoms with Crippen molar-refractivity contribution in [2.45, 2.75) is 0 Å². The van der Waals surface area contributed by atoms with Crippen LogP contribution in [0.4, 0.5) is 5.69 Å². The Bertz CT molecular complexity index is 780. The number of aromatic nitrogens is 3. The molecule has 0 radical (unpaired) electrons. The van der Waals surface area contributed by atoms with Crippen LogP contribution in [0.15, 0.2) is 42.6 Å². The summed E-state index contributed by atoms with van der Waals surface area (Å²) in [6.07, 6.45) is 1.70. The second-order valence-corrected chi connectivity index (χ2v) is 4.10. The minimum atomic E-state index is -0.470. The van der Waals surface area contributed by atoms with E-state index >= 15 is 0 Å². The molecule has 3 rings (SSSR count). The van der Waals surface area contributed by atoms with Crippen molar-refractivity contribution in [2.75, 3.05) is 7.11 Å². The molecule has 0 bridgehead atoms. The Morgan fingerprint density at radius 1 is 1.20 bits per heavy atom. The average molecular weight is 270 g/mol. The van der Waals surface area contributed by atoms with Gasteiger partial charge in [-0.1, -0.05) is 0 Å². The lowest BCUT2D eigenvalue weighted by atomic mass is 10.2. The summed E-state index contributed by atoms with van der Waals surface area (Å²) in [5, 5.41) is 18.9. The molecule has 3 aromatic rings. The molecule has 2 aromatic heterocycles. The number of rotatable bonds is 3. The van der Waals surface area contributed by atoms with Crippen LogP contribution in [0.25, 0.3) is 17.0 Å². The molecule has 0 aliphatic rings. The Balaban J connectivity index is 2.17. The number of methoxy groups -OCH3 is 1. The Kier molecular flexibility index (Phi) is 2.79. The van der Waals surface area contributed by atoms with Gasteiger partial charge in [0.25, 0.3) is 0 Å². The summed E-state index contributed by atoms with van der Waals surface area (Å²) in [6.45, 7) is 0. The molecule has 0 aliphatic heterocycles. The molecule has 1 aromatic carbocycles. The van der Waals surface area contributed by atoms with E-state index in [9.17, 15) is 10.1 Å². The standard InChI is InChI=1S/C13H10N4O3/c1-20-10-6-4-9(5-7-10)12-14-15-13-11(17(18)19)3-2-8-16(12)13/h2-8H,1H3. The molecule has 0 saturated carbocycles. The summed E-state index contributed by atoms with van der Waals surface area (Å²) >= 11 is 0. The highest BCUT2D eigenvalue weighted by atomic mass is 16.6. The fraction of sp³-hybridized carbons (Fsp3) is 0.0769. The lowest BCUT2D eigenvalue weighted by Gasteiger charge is -2.02. The maximum atomic E-state index is 11.0. The van der Waals surface area contributed by atoms with Crippen molar-refractivity contribution in [2.24, 2.45) is 0 Å². The van der Waals surface area contributed by atoms with E-state index in [2.05, 4.69) is 10.2 Å². The van der Waals surface area contributed by atoms with E-state index < -0.39 is 4.92 Å². The Labute approximate surface area is 113 Å². The van der Waals surface area contributed by atoms with E-state index in [0.29, 0.717) is 5.82 Å². The normalized spacial score (nSPS) is 10.7. The van der Waals surface area contributed by atoms with Gasteiger partial charge in [-0.3, -0.25) is 14.5 Å². The van der Waals surface area contributed by atoms with Crippen LogP contribution in [0, 0.1) is 10.1 Å². The maximum Gasteiger partial charge on any atom is 0.314 e. The topological polar surface area (TPSA) is 82.6 Å². The van der Waals surface area contributed by atoms with Crippen LogP contribution in [0.3, 0.4) is 0 Å². The largest absolute Gasteiger partial charge is 0.497 e. The summed E-state index contributed by atoms with van der Waals surface area (Å²) in [5.74, 6) is 1.28. The van der Waals surface area contributed by atoms with Crippen LogP contribution in [0.5, 0.6) is 5.75 Å². The first kappa shape index (κ1) is 12.1. The predicted octanol–water partition coefficient (Wildman–Crippen LogP) is 2.31. The molecule has 0 spiro atoms. The number of hydrogen-bond donors (Lipinski definition) is 0. The number of benzene rings is 1. The number of hydrogen-bond acceptors (Lipinski definition) is 5. The van der Waals surface area contributed by atoms with E-state index in [4.69, 9.17) is 4.74 Å². The van der Waals surface area contributed by atoms with Crippen LogP contribution < -0.4 is 4.74 Å². The molecule has 0 amide bonds.